The van der Waals surface area contributed by atoms with Gasteiger partial charge in [0.1, 0.15) is 5.75 Å². The van der Waals surface area contributed by atoms with Crippen LogP contribution >= 0.6 is 0 Å². The number of amides is 1. The number of carbonyl (C=O) groups is 1. The van der Waals surface area contributed by atoms with Gasteiger partial charge >= 0.3 is 0 Å². The molecule has 0 saturated carbocycles. The molecule has 29 heavy (non-hydrogen) atoms. The van der Waals surface area contributed by atoms with E-state index in [1.807, 2.05) is 48.5 Å². The molecule has 3 aromatic rings. The Labute approximate surface area is 172 Å². The van der Waals surface area contributed by atoms with Crippen molar-refractivity contribution in [2.45, 2.75) is 39.2 Å². The molecule has 0 fully saturated rings. The highest BCUT2D eigenvalue weighted by atomic mass is 16.5. The number of fused-ring (bicyclic) bond motifs is 1. The third kappa shape index (κ3) is 6.36. The summed E-state index contributed by atoms with van der Waals surface area (Å²) >= 11 is 0. The number of benzene rings is 2. The highest BCUT2D eigenvalue weighted by molar-refractivity contribution is 5.97. The summed E-state index contributed by atoms with van der Waals surface area (Å²) in [6.45, 7) is 3.22. The van der Waals surface area contributed by atoms with Crippen LogP contribution in [0.2, 0.25) is 0 Å². The predicted molar refractivity (Wildman–Crippen MR) is 117 cm³/mol. The first-order chi connectivity index (χ1) is 14.3. The van der Waals surface area contributed by atoms with Crippen molar-refractivity contribution < 1.29 is 9.53 Å². The van der Waals surface area contributed by atoms with Gasteiger partial charge in [-0.2, -0.15) is 0 Å². The lowest BCUT2D eigenvalue weighted by atomic mass is 10.1. The predicted octanol–water partition coefficient (Wildman–Crippen LogP) is 5.13. The van der Waals surface area contributed by atoms with E-state index in [4.69, 9.17) is 4.74 Å². The molecule has 4 nitrogen and oxygen atoms in total. The second-order valence-electron chi connectivity index (χ2n) is 6.80. The topological polar surface area (TPSA) is 51.2 Å². The Bertz CT molecular complexity index is 1020. The van der Waals surface area contributed by atoms with Gasteiger partial charge in [-0.05, 0) is 54.8 Å². The molecule has 1 heterocycles. The lowest BCUT2D eigenvalue weighted by Gasteiger charge is -2.09. The van der Waals surface area contributed by atoms with Gasteiger partial charge in [0.15, 0.2) is 0 Å². The van der Waals surface area contributed by atoms with E-state index in [-0.39, 0.29) is 5.91 Å². The zero-order chi connectivity index (χ0) is 20.3. The SMILES string of the molecule is CCCC#CCCCOc1cccc(CNC(=O)c2ccc3ncccc3c2)c1. The molecule has 0 radical (unpaired) electrons. The molecule has 3 rings (SSSR count). The molecule has 4 heteroatoms. The first-order valence-corrected chi connectivity index (χ1v) is 10.1. The maximum atomic E-state index is 12.5. The summed E-state index contributed by atoms with van der Waals surface area (Å²) in [7, 11) is 0. The minimum atomic E-state index is -0.104. The summed E-state index contributed by atoms with van der Waals surface area (Å²) < 4.78 is 5.81. The van der Waals surface area contributed by atoms with Crippen LogP contribution in [0.15, 0.2) is 60.8 Å². The van der Waals surface area contributed by atoms with Gasteiger partial charge in [0.25, 0.3) is 5.91 Å². The van der Waals surface area contributed by atoms with E-state index in [9.17, 15) is 4.79 Å². The van der Waals surface area contributed by atoms with Crippen molar-refractivity contribution in [3.05, 3.63) is 71.9 Å². The van der Waals surface area contributed by atoms with Crippen molar-refractivity contribution in [2.24, 2.45) is 0 Å². The van der Waals surface area contributed by atoms with Crippen molar-refractivity contribution in [3.8, 4) is 17.6 Å². The number of rotatable bonds is 8. The van der Waals surface area contributed by atoms with E-state index in [2.05, 4.69) is 29.1 Å². The van der Waals surface area contributed by atoms with Gasteiger partial charge in [-0.25, -0.2) is 0 Å². The zero-order valence-corrected chi connectivity index (χ0v) is 16.8. The molecule has 0 saturated heterocycles. The maximum Gasteiger partial charge on any atom is 0.251 e. The molecule has 1 aromatic heterocycles. The number of nitrogens with one attached hydrogen (secondary N) is 1. The Morgan fingerprint density at radius 2 is 1.97 bits per heavy atom. The first kappa shape index (κ1) is 20.4. The second-order valence-corrected chi connectivity index (χ2v) is 6.80. The number of aromatic nitrogens is 1. The van der Waals surface area contributed by atoms with E-state index >= 15 is 0 Å². The highest BCUT2D eigenvalue weighted by Crippen LogP contribution is 2.15. The molecule has 0 aliphatic carbocycles. The molecule has 0 atom stereocenters. The zero-order valence-electron chi connectivity index (χ0n) is 16.8. The third-order valence-corrected chi connectivity index (χ3v) is 4.43. The Hall–Kier alpha value is -3.32. The van der Waals surface area contributed by atoms with Crippen LogP contribution in [-0.2, 0) is 6.54 Å². The van der Waals surface area contributed by atoms with E-state index < -0.39 is 0 Å². The van der Waals surface area contributed by atoms with E-state index in [0.717, 1.165) is 47.9 Å². The number of hydrogen-bond donors (Lipinski definition) is 1. The molecule has 0 aliphatic heterocycles. The van der Waals surface area contributed by atoms with Crippen molar-refractivity contribution in [3.63, 3.8) is 0 Å². The van der Waals surface area contributed by atoms with Crippen LogP contribution in [0.3, 0.4) is 0 Å². The van der Waals surface area contributed by atoms with E-state index in [0.29, 0.717) is 18.7 Å². The van der Waals surface area contributed by atoms with Crippen molar-refractivity contribution in [1.82, 2.24) is 10.3 Å². The van der Waals surface area contributed by atoms with Gasteiger partial charge in [-0.1, -0.05) is 25.1 Å². The molecule has 1 amide bonds. The fraction of sp³-hybridized carbons (Fsp3) is 0.280. The molecule has 0 spiro atoms. The Morgan fingerprint density at radius 3 is 2.86 bits per heavy atom. The van der Waals surface area contributed by atoms with Gasteiger partial charge in [0.05, 0.1) is 12.1 Å². The van der Waals surface area contributed by atoms with Crippen LogP contribution in [0.5, 0.6) is 5.75 Å². The van der Waals surface area contributed by atoms with E-state index in [1.54, 1.807) is 12.3 Å². The molecule has 0 unspecified atom stereocenters. The number of carbonyl (C=O) groups excluding carboxylic acids is 1. The van der Waals surface area contributed by atoms with Gasteiger partial charge in [0.2, 0.25) is 0 Å². The number of ether oxygens (including phenoxy) is 1. The smallest absolute Gasteiger partial charge is 0.251 e. The van der Waals surface area contributed by atoms with Crippen LogP contribution in [0.25, 0.3) is 10.9 Å². The quantitative estimate of drug-likeness (QED) is 0.431. The fourth-order valence-electron chi connectivity index (χ4n) is 2.90. The minimum Gasteiger partial charge on any atom is -0.494 e. The number of pyridine rings is 1. The number of hydrogen-bond acceptors (Lipinski definition) is 3. The van der Waals surface area contributed by atoms with Crippen molar-refractivity contribution in [1.29, 1.82) is 0 Å². The van der Waals surface area contributed by atoms with Crippen LogP contribution in [0.1, 0.15) is 48.5 Å². The third-order valence-electron chi connectivity index (χ3n) is 4.43. The number of unbranched alkanes of at least 4 members (excludes halogenated alkanes) is 2. The molecule has 148 valence electrons. The Morgan fingerprint density at radius 1 is 1.07 bits per heavy atom. The summed E-state index contributed by atoms with van der Waals surface area (Å²) in [6.07, 6.45) is 5.58. The van der Waals surface area contributed by atoms with Crippen molar-refractivity contribution >= 4 is 16.8 Å². The maximum absolute atomic E-state index is 12.5. The lowest BCUT2D eigenvalue weighted by molar-refractivity contribution is 0.0951. The molecule has 0 bridgehead atoms. The molecular weight excluding hydrogens is 360 g/mol. The molecular formula is C25H26N2O2. The van der Waals surface area contributed by atoms with Crippen LogP contribution in [0, 0.1) is 11.8 Å². The summed E-state index contributed by atoms with van der Waals surface area (Å²) in [5.74, 6) is 7.02. The second kappa shape index (κ2) is 10.9. The Balaban J connectivity index is 1.49. The van der Waals surface area contributed by atoms with E-state index in [1.165, 1.54) is 0 Å². The standard InChI is InChI=1S/C25H26N2O2/c1-2-3-4-5-6-7-16-29-23-12-8-10-20(17-23)19-27-25(28)22-13-14-24-21(18-22)11-9-15-26-24/h8-15,17-18H,2-3,6-7,16,19H2,1H3,(H,27,28). The minimum absolute atomic E-state index is 0.104. The van der Waals surface area contributed by atoms with Crippen LogP contribution in [-0.4, -0.2) is 17.5 Å². The highest BCUT2D eigenvalue weighted by Gasteiger charge is 2.07. The molecule has 2 aromatic carbocycles. The van der Waals surface area contributed by atoms with Gasteiger partial charge in [-0.3, -0.25) is 9.78 Å². The number of nitrogens with zero attached hydrogens (tertiary/aromatic N) is 1. The first-order valence-electron chi connectivity index (χ1n) is 10.1. The average Bonchev–Trinajstić information content (AvgIpc) is 2.77. The van der Waals surface area contributed by atoms with Crippen LogP contribution in [0.4, 0.5) is 0 Å². The summed E-state index contributed by atoms with van der Waals surface area (Å²) in [5, 5.41) is 3.92. The molecule has 0 aliphatic rings. The summed E-state index contributed by atoms with van der Waals surface area (Å²) in [6, 6.07) is 17.2. The Kier molecular flexibility index (Phi) is 7.65. The lowest BCUT2D eigenvalue weighted by Crippen LogP contribution is -2.22. The average molecular weight is 386 g/mol. The van der Waals surface area contributed by atoms with Crippen molar-refractivity contribution in [2.75, 3.05) is 6.61 Å². The van der Waals surface area contributed by atoms with Gasteiger partial charge < -0.3 is 10.1 Å². The van der Waals surface area contributed by atoms with Crippen LogP contribution < -0.4 is 10.1 Å². The summed E-state index contributed by atoms with van der Waals surface area (Å²) in [5.41, 5.74) is 2.51. The largest absolute Gasteiger partial charge is 0.494 e. The van der Waals surface area contributed by atoms with Gasteiger partial charge in [-0.15, -0.1) is 11.8 Å². The fourth-order valence-corrected chi connectivity index (χ4v) is 2.90. The normalized spacial score (nSPS) is 10.2. The van der Waals surface area contributed by atoms with Gasteiger partial charge in [0, 0.05) is 36.5 Å². The summed E-state index contributed by atoms with van der Waals surface area (Å²) in [4.78, 5) is 16.8. The molecule has 1 N–H and O–H groups in total. The monoisotopic (exact) mass is 386 g/mol.